The number of hydrogen-bond donors (Lipinski definition) is 1. The molecule has 0 aromatic heterocycles. The van der Waals surface area contributed by atoms with E-state index in [0.717, 1.165) is 19.2 Å². The van der Waals surface area contributed by atoms with Crippen molar-refractivity contribution >= 4 is 11.9 Å². The first-order valence-electron chi connectivity index (χ1n) is 5.73. The summed E-state index contributed by atoms with van der Waals surface area (Å²) < 4.78 is 31.2. The Morgan fingerprint density at radius 3 is 2.50 bits per heavy atom. The van der Waals surface area contributed by atoms with E-state index in [4.69, 9.17) is 6.42 Å². The van der Waals surface area contributed by atoms with Crippen LogP contribution in [-0.4, -0.2) is 25.0 Å². The van der Waals surface area contributed by atoms with Crippen LogP contribution >= 0.6 is 0 Å². The molecule has 0 spiro atoms. The van der Waals surface area contributed by atoms with Gasteiger partial charge in [0.1, 0.15) is 17.7 Å². The Morgan fingerprint density at radius 1 is 1.40 bits per heavy atom. The highest BCUT2D eigenvalue weighted by Gasteiger charge is 2.21. The number of benzene rings is 1. The fourth-order valence-corrected chi connectivity index (χ4v) is 1.56. The van der Waals surface area contributed by atoms with Gasteiger partial charge in [-0.3, -0.25) is 4.79 Å². The van der Waals surface area contributed by atoms with Gasteiger partial charge in [-0.25, -0.2) is 13.6 Å². The molecule has 0 bridgehead atoms. The van der Waals surface area contributed by atoms with E-state index in [1.807, 2.05) is 0 Å². The van der Waals surface area contributed by atoms with Gasteiger partial charge < -0.3 is 10.1 Å². The Balaban J connectivity index is 2.76. The largest absolute Gasteiger partial charge is 0.467 e. The fraction of sp³-hybridized carbons (Fsp3) is 0.286. The lowest BCUT2D eigenvalue weighted by Gasteiger charge is -2.14. The van der Waals surface area contributed by atoms with Crippen molar-refractivity contribution in [3.63, 3.8) is 0 Å². The lowest BCUT2D eigenvalue weighted by atomic mass is 10.1. The summed E-state index contributed by atoms with van der Waals surface area (Å²) in [7, 11) is 1.15. The molecule has 6 heteroatoms. The monoisotopic (exact) mass is 281 g/mol. The summed E-state index contributed by atoms with van der Waals surface area (Å²) in [5.41, 5.74) is -0.366. The number of hydrogen-bond acceptors (Lipinski definition) is 3. The molecule has 0 aliphatic rings. The van der Waals surface area contributed by atoms with Gasteiger partial charge in [-0.15, -0.1) is 12.3 Å². The van der Waals surface area contributed by atoms with Gasteiger partial charge in [0.25, 0.3) is 0 Å². The Kier molecular flexibility index (Phi) is 5.66. The SMILES string of the molecule is C#CC[C@@H](NC(=O)Cc1c(F)cccc1F)C(=O)OC. The first kappa shape index (κ1) is 15.6. The molecular weight excluding hydrogens is 268 g/mol. The van der Waals surface area contributed by atoms with Gasteiger partial charge in [-0.05, 0) is 12.1 Å². The third kappa shape index (κ3) is 4.05. The first-order chi connectivity index (χ1) is 9.49. The molecule has 0 unspecified atom stereocenters. The van der Waals surface area contributed by atoms with Gasteiger partial charge in [0, 0.05) is 12.0 Å². The summed E-state index contributed by atoms with van der Waals surface area (Å²) in [6.45, 7) is 0. The number of methoxy groups -OCH3 is 1. The molecule has 106 valence electrons. The highest BCUT2D eigenvalue weighted by molar-refractivity contribution is 5.85. The van der Waals surface area contributed by atoms with Crippen LogP contribution in [0.15, 0.2) is 18.2 Å². The number of carbonyl (C=O) groups excluding carboxylic acids is 2. The highest BCUT2D eigenvalue weighted by Crippen LogP contribution is 2.12. The van der Waals surface area contributed by atoms with Crippen LogP contribution in [0.25, 0.3) is 0 Å². The Morgan fingerprint density at radius 2 is 2.00 bits per heavy atom. The van der Waals surface area contributed by atoms with E-state index in [-0.39, 0.29) is 12.0 Å². The van der Waals surface area contributed by atoms with Crippen LogP contribution in [0.2, 0.25) is 0 Å². The second-order valence-corrected chi connectivity index (χ2v) is 3.93. The summed E-state index contributed by atoms with van der Waals surface area (Å²) in [5, 5.41) is 2.28. The maximum atomic E-state index is 13.4. The zero-order valence-corrected chi connectivity index (χ0v) is 10.8. The number of carbonyl (C=O) groups is 2. The van der Waals surface area contributed by atoms with Crippen molar-refractivity contribution in [1.29, 1.82) is 0 Å². The van der Waals surface area contributed by atoms with Crippen LogP contribution in [0.5, 0.6) is 0 Å². The molecule has 0 saturated heterocycles. The Bertz CT molecular complexity index is 532. The predicted octanol–water partition coefficient (Wildman–Crippen LogP) is 1.19. The van der Waals surface area contributed by atoms with Gasteiger partial charge in [0.2, 0.25) is 5.91 Å². The number of ether oxygens (including phenoxy) is 1. The van der Waals surface area contributed by atoms with Crippen molar-refractivity contribution in [3.05, 3.63) is 35.4 Å². The molecule has 1 rings (SSSR count). The van der Waals surface area contributed by atoms with Crippen LogP contribution in [0.1, 0.15) is 12.0 Å². The molecule has 1 aromatic carbocycles. The van der Waals surface area contributed by atoms with E-state index in [0.29, 0.717) is 0 Å². The molecule has 4 nitrogen and oxygen atoms in total. The normalized spacial score (nSPS) is 11.3. The third-order valence-corrected chi connectivity index (χ3v) is 2.54. The minimum absolute atomic E-state index is 0.0713. The number of rotatable bonds is 5. The van der Waals surface area contributed by atoms with Gasteiger partial charge in [0.15, 0.2) is 0 Å². The minimum Gasteiger partial charge on any atom is -0.467 e. The second kappa shape index (κ2) is 7.24. The first-order valence-corrected chi connectivity index (χ1v) is 5.73. The zero-order chi connectivity index (χ0) is 15.1. The van der Waals surface area contributed by atoms with E-state index in [9.17, 15) is 18.4 Å². The van der Waals surface area contributed by atoms with Gasteiger partial charge in [-0.1, -0.05) is 6.07 Å². The lowest BCUT2D eigenvalue weighted by molar-refractivity contribution is -0.144. The van der Waals surface area contributed by atoms with Crippen LogP contribution in [0.4, 0.5) is 8.78 Å². The maximum Gasteiger partial charge on any atom is 0.329 e. The van der Waals surface area contributed by atoms with E-state index < -0.39 is 36.0 Å². The molecule has 0 saturated carbocycles. The van der Waals surface area contributed by atoms with Gasteiger partial charge >= 0.3 is 5.97 Å². The summed E-state index contributed by atoms with van der Waals surface area (Å²) in [4.78, 5) is 23.0. The Hall–Kier alpha value is -2.42. The molecule has 0 fully saturated rings. The topological polar surface area (TPSA) is 55.4 Å². The van der Waals surface area contributed by atoms with Crippen molar-refractivity contribution in [1.82, 2.24) is 5.32 Å². The quantitative estimate of drug-likeness (QED) is 0.651. The number of esters is 1. The average molecular weight is 281 g/mol. The molecule has 1 N–H and O–H groups in total. The Labute approximate surface area is 115 Å². The number of amides is 1. The molecule has 0 radical (unpaired) electrons. The van der Waals surface area contributed by atoms with E-state index in [2.05, 4.69) is 16.0 Å². The summed E-state index contributed by atoms with van der Waals surface area (Å²) >= 11 is 0. The van der Waals surface area contributed by atoms with Crippen LogP contribution in [-0.2, 0) is 20.7 Å². The van der Waals surface area contributed by atoms with Gasteiger partial charge in [-0.2, -0.15) is 0 Å². The minimum atomic E-state index is -1.03. The predicted molar refractivity (Wildman–Crippen MR) is 67.5 cm³/mol. The van der Waals surface area contributed by atoms with Crippen LogP contribution < -0.4 is 5.32 Å². The standard InChI is InChI=1S/C14H13F2NO3/c1-3-5-12(14(19)20-2)17-13(18)8-9-10(15)6-4-7-11(9)16/h1,4,6-7,12H,5,8H2,2H3,(H,17,18)/t12-/m1/s1. The molecule has 1 aromatic rings. The van der Waals surface area contributed by atoms with E-state index in [1.165, 1.54) is 6.07 Å². The smallest absolute Gasteiger partial charge is 0.329 e. The molecule has 0 aliphatic heterocycles. The van der Waals surface area contributed by atoms with E-state index >= 15 is 0 Å². The van der Waals surface area contributed by atoms with Crippen molar-refractivity contribution in [2.75, 3.05) is 7.11 Å². The van der Waals surface area contributed by atoms with Crippen molar-refractivity contribution in [3.8, 4) is 12.3 Å². The van der Waals surface area contributed by atoms with Crippen molar-refractivity contribution in [2.24, 2.45) is 0 Å². The molecule has 1 amide bonds. The summed E-state index contributed by atoms with van der Waals surface area (Å²) in [5.74, 6) is -0.883. The number of terminal acetylenes is 1. The molecular formula is C14H13F2NO3. The molecule has 1 atom stereocenters. The van der Waals surface area contributed by atoms with E-state index in [1.54, 1.807) is 0 Å². The average Bonchev–Trinajstić information content (AvgIpc) is 2.41. The zero-order valence-electron chi connectivity index (χ0n) is 10.8. The fourth-order valence-electron chi connectivity index (χ4n) is 1.56. The summed E-state index contributed by atoms with van der Waals surface area (Å²) in [6.07, 6.45) is 4.47. The number of nitrogens with one attached hydrogen (secondary N) is 1. The summed E-state index contributed by atoms with van der Waals surface area (Å²) in [6, 6.07) is 2.25. The maximum absolute atomic E-state index is 13.4. The molecule has 0 aliphatic carbocycles. The lowest BCUT2D eigenvalue weighted by Crippen LogP contribution is -2.42. The van der Waals surface area contributed by atoms with Crippen molar-refractivity contribution < 1.29 is 23.1 Å². The highest BCUT2D eigenvalue weighted by atomic mass is 19.1. The molecule has 0 heterocycles. The third-order valence-electron chi connectivity index (χ3n) is 2.54. The van der Waals surface area contributed by atoms with Crippen LogP contribution in [0.3, 0.4) is 0 Å². The van der Waals surface area contributed by atoms with Crippen LogP contribution in [0, 0.1) is 24.0 Å². The van der Waals surface area contributed by atoms with Crippen molar-refractivity contribution in [2.45, 2.75) is 18.9 Å². The number of halogens is 2. The second-order valence-electron chi connectivity index (χ2n) is 3.93. The van der Waals surface area contributed by atoms with Gasteiger partial charge in [0.05, 0.1) is 13.5 Å². The molecule has 20 heavy (non-hydrogen) atoms.